The normalized spacial score (nSPS) is 11.7. The molecule has 9 nitrogen and oxygen atoms in total. The van der Waals surface area contributed by atoms with Crippen molar-refractivity contribution in [2.75, 3.05) is 17.5 Å². The predicted molar refractivity (Wildman–Crippen MR) is 143 cm³/mol. The molecular weight excluding hydrogens is 504 g/mol. The number of fused-ring (bicyclic) bond motifs is 1. The fourth-order valence-corrected chi connectivity index (χ4v) is 5.60. The summed E-state index contributed by atoms with van der Waals surface area (Å²) >= 11 is 0. The number of sulfonamides is 1. The molecule has 0 saturated carbocycles. The second kappa shape index (κ2) is 10.6. The number of rotatable bonds is 9. The lowest BCUT2D eigenvalue weighted by Crippen LogP contribution is -2.36. The predicted octanol–water partition coefficient (Wildman–Crippen LogP) is 4.52. The minimum absolute atomic E-state index is 0.0584. The molecule has 4 aromatic rings. The second-order valence-electron chi connectivity index (χ2n) is 9.05. The number of nitriles is 1. The van der Waals surface area contributed by atoms with Crippen LogP contribution >= 0.6 is 0 Å². The first-order valence-corrected chi connectivity index (χ1v) is 13.4. The first-order chi connectivity index (χ1) is 18.1. The summed E-state index contributed by atoms with van der Waals surface area (Å²) in [6.07, 6.45) is 0. The first kappa shape index (κ1) is 26.7. The summed E-state index contributed by atoms with van der Waals surface area (Å²) in [5, 5.41) is 9.04. The third-order valence-electron chi connectivity index (χ3n) is 5.96. The topological polar surface area (TPSA) is 115 Å². The molecule has 0 bridgehead atoms. The van der Waals surface area contributed by atoms with Gasteiger partial charge in [-0.25, -0.2) is 13.4 Å². The Morgan fingerprint density at radius 1 is 1.08 bits per heavy atom. The Bertz CT molecular complexity index is 1610. The summed E-state index contributed by atoms with van der Waals surface area (Å²) in [6, 6.07) is 21.9. The molecule has 0 unspecified atom stereocenters. The van der Waals surface area contributed by atoms with Crippen LogP contribution in [-0.4, -0.2) is 37.1 Å². The molecule has 1 aromatic heterocycles. The molecule has 0 fully saturated rings. The summed E-state index contributed by atoms with van der Waals surface area (Å²) in [6.45, 7) is 5.07. The third-order valence-corrected chi connectivity index (χ3v) is 7.74. The van der Waals surface area contributed by atoms with Gasteiger partial charge >= 0.3 is 5.97 Å². The van der Waals surface area contributed by atoms with Crippen molar-refractivity contribution < 1.29 is 22.7 Å². The zero-order chi connectivity index (χ0) is 27.5. The molecule has 3 aromatic carbocycles. The molecule has 0 aliphatic heterocycles. The molecular formula is C28H28N4O5S. The smallest absolute Gasteiger partial charge is 0.326 e. The lowest BCUT2D eigenvalue weighted by Gasteiger charge is -2.26. The summed E-state index contributed by atoms with van der Waals surface area (Å²) in [5.74, 6) is 0.527. The van der Waals surface area contributed by atoms with Crippen molar-refractivity contribution in [1.29, 1.82) is 5.26 Å². The van der Waals surface area contributed by atoms with Crippen LogP contribution in [0, 0.1) is 11.3 Å². The van der Waals surface area contributed by atoms with Crippen molar-refractivity contribution in [2.24, 2.45) is 7.05 Å². The van der Waals surface area contributed by atoms with Crippen LogP contribution < -0.4 is 9.04 Å². The van der Waals surface area contributed by atoms with E-state index in [0.717, 1.165) is 9.82 Å². The molecule has 0 radical (unpaired) electrons. The van der Waals surface area contributed by atoms with E-state index < -0.39 is 28.1 Å². The number of anilines is 1. The van der Waals surface area contributed by atoms with Crippen molar-refractivity contribution >= 4 is 32.7 Å². The number of aromatic nitrogens is 2. The van der Waals surface area contributed by atoms with Gasteiger partial charge in [0, 0.05) is 7.05 Å². The highest BCUT2D eigenvalue weighted by Gasteiger charge is 2.31. The number of esters is 1. The number of aryl methyl sites for hydroxylation is 1. The third kappa shape index (κ3) is 5.33. The van der Waals surface area contributed by atoms with Gasteiger partial charge in [-0.2, -0.15) is 5.26 Å². The molecule has 0 aliphatic rings. The largest absolute Gasteiger partial charge is 0.480 e. The van der Waals surface area contributed by atoms with Gasteiger partial charge in [-0.1, -0.05) is 18.2 Å². The number of benzene rings is 3. The van der Waals surface area contributed by atoms with E-state index in [1.54, 1.807) is 67.6 Å². The molecule has 38 heavy (non-hydrogen) atoms. The molecule has 1 heterocycles. The van der Waals surface area contributed by atoms with Gasteiger partial charge in [-0.3, -0.25) is 9.10 Å². The summed E-state index contributed by atoms with van der Waals surface area (Å²) in [7, 11) is -2.21. The lowest BCUT2D eigenvalue weighted by molar-refractivity contribution is -0.141. The fourth-order valence-electron chi connectivity index (χ4n) is 4.18. The molecule has 0 N–H and O–H groups in total. The summed E-state index contributed by atoms with van der Waals surface area (Å²) in [4.78, 5) is 17.2. The minimum atomic E-state index is -4.06. The highest BCUT2D eigenvalue weighted by molar-refractivity contribution is 7.92. The zero-order valence-electron chi connectivity index (χ0n) is 21.6. The molecule has 10 heteroatoms. The Balaban J connectivity index is 1.74. The highest BCUT2D eigenvalue weighted by atomic mass is 32.2. The standard InChI is InChI=1S/C28H28N4O5S/c1-5-36-26(33)19-32(38(34,35)23-9-7-6-8-10-23)21-13-16-25-24(17-21)30-27(31(25)4)28(2,3)37-22-14-11-20(18-29)12-15-22/h6-17H,5,19H2,1-4H3. The van der Waals surface area contributed by atoms with Gasteiger partial charge in [-0.05, 0) is 75.4 Å². The van der Waals surface area contributed by atoms with Crippen LogP contribution in [-0.2, 0) is 32.2 Å². The van der Waals surface area contributed by atoms with Gasteiger partial charge in [0.1, 0.15) is 12.3 Å². The highest BCUT2D eigenvalue weighted by Crippen LogP contribution is 2.32. The maximum atomic E-state index is 13.5. The van der Waals surface area contributed by atoms with Crippen molar-refractivity contribution in [2.45, 2.75) is 31.3 Å². The van der Waals surface area contributed by atoms with Crippen molar-refractivity contribution in [1.82, 2.24) is 9.55 Å². The van der Waals surface area contributed by atoms with Crippen molar-refractivity contribution in [3.63, 3.8) is 0 Å². The average Bonchev–Trinajstić information content (AvgIpc) is 3.24. The van der Waals surface area contributed by atoms with E-state index in [4.69, 9.17) is 19.7 Å². The molecule has 0 saturated heterocycles. The van der Waals surface area contributed by atoms with Crippen molar-refractivity contribution in [3.05, 3.63) is 84.2 Å². The average molecular weight is 533 g/mol. The zero-order valence-corrected chi connectivity index (χ0v) is 22.4. The Kier molecular flexibility index (Phi) is 7.41. The van der Waals surface area contributed by atoms with E-state index in [1.807, 2.05) is 25.5 Å². The molecule has 0 amide bonds. The van der Waals surface area contributed by atoms with Gasteiger partial charge in [0.2, 0.25) is 0 Å². The maximum absolute atomic E-state index is 13.5. The number of hydrogen-bond acceptors (Lipinski definition) is 7. The van der Waals surface area contributed by atoms with Crippen LogP contribution in [0.2, 0.25) is 0 Å². The molecule has 0 aliphatic carbocycles. The van der Waals surface area contributed by atoms with Crippen LogP contribution in [0.3, 0.4) is 0 Å². The number of carbonyl (C=O) groups is 1. The number of imidazole rings is 1. The fraction of sp³-hybridized carbons (Fsp3) is 0.250. The first-order valence-electron chi connectivity index (χ1n) is 12.0. The van der Waals surface area contributed by atoms with Crippen LogP contribution in [0.1, 0.15) is 32.2 Å². The van der Waals surface area contributed by atoms with Crippen LogP contribution in [0.15, 0.2) is 77.7 Å². The van der Waals surface area contributed by atoms with Crippen LogP contribution in [0.5, 0.6) is 5.75 Å². The Hall–Kier alpha value is -4.36. The molecule has 196 valence electrons. The van der Waals surface area contributed by atoms with Crippen LogP contribution in [0.4, 0.5) is 5.69 Å². The summed E-state index contributed by atoms with van der Waals surface area (Å²) < 4.78 is 41.3. The Labute approximate surface area is 221 Å². The van der Waals surface area contributed by atoms with E-state index in [1.165, 1.54) is 12.1 Å². The lowest BCUT2D eigenvalue weighted by atomic mass is 10.1. The van der Waals surface area contributed by atoms with E-state index in [-0.39, 0.29) is 17.2 Å². The maximum Gasteiger partial charge on any atom is 0.326 e. The number of nitrogens with zero attached hydrogens (tertiary/aromatic N) is 4. The van der Waals surface area contributed by atoms with Gasteiger partial charge in [0.15, 0.2) is 11.4 Å². The SMILES string of the molecule is CCOC(=O)CN(c1ccc2c(c1)nc(C(C)(C)Oc1ccc(C#N)cc1)n2C)S(=O)(=O)c1ccccc1. The monoisotopic (exact) mass is 532 g/mol. The van der Waals surface area contributed by atoms with E-state index in [2.05, 4.69) is 6.07 Å². The Morgan fingerprint density at radius 3 is 2.39 bits per heavy atom. The minimum Gasteiger partial charge on any atom is -0.480 e. The number of hydrogen-bond donors (Lipinski definition) is 0. The number of ether oxygens (including phenoxy) is 2. The van der Waals surface area contributed by atoms with E-state index in [9.17, 15) is 13.2 Å². The van der Waals surface area contributed by atoms with E-state index >= 15 is 0 Å². The van der Waals surface area contributed by atoms with E-state index in [0.29, 0.717) is 22.7 Å². The van der Waals surface area contributed by atoms with Gasteiger partial charge < -0.3 is 14.0 Å². The van der Waals surface area contributed by atoms with Crippen molar-refractivity contribution in [3.8, 4) is 11.8 Å². The Morgan fingerprint density at radius 2 is 1.76 bits per heavy atom. The molecule has 0 atom stereocenters. The second-order valence-corrected chi connectivity index (χ2v) is 10.9. The quantitative estimate of drug-likeness (QED) is 0.291. The number of carbonyl (C=O) groups excluding carboxylic acids is 1. The van der Waals surface area contributed by atoms with Gasteiger partial charge in [-0.15, -0.1) is 0 Å². The van der Waals surface area contributed by atoms with Crippen LogP contribution in [0.25, 0.3) is 11.0 Å². The summed E-state index contributed by atoms with van der Waals surface area (Å²) in [5.41, 5.74) is 1.25. The molecule has 0 spiro atoms. The van der Waals surface area contributed by atoms with Gasteiger partial charge in [0.05, 0.1) is 39.9 Å². The van der Waals surface area contributed by atoms with Gasteiger partial charge in [0.25, 0.3) is 10.0 Å². The molecule has 4 rings (SSSR count).